The van der Waals surface area contributed by atoms with E-state index in [0.717, 1.165) is 17.7 Å². The summed E-state index contributed by atoms with van der Waals surface area (Å²) in [5.74, 6) is 1.45. The zero-order chi connectivity index (χ0) is 14.4. The van der Waals surface area contributed by atoms with E-state index in [9.17, 15) is 0 Å². The minimum Gasteiger partial charge on any atom is -0.496 e. The Kier molecular flexibility index (Phi) is 6.32. The second kappa shape index (κ2) is 7.51. The van der Waals surface area contributed by atoms with Crippen molar-refractivity contribution in [3.05, 3.63) is 29.8 Å². The fraction of sp³-hybridized carbons (Fsp3) is 0.625. The van der Waals surface area contributed by atoms with Gasteiger partial charge in [0, 0.05) is 11.6 Å². The van der Waals surface area contributed by atoms with Crippen LogP contribution in [0.5, 0.6) is 5.75 Å². The molecule has 1 rings (SSSR count). The highest BCUT2D eigenvalue weighted by atomic mass is 16.5. The van der Waals surface area contributed by atoms with Crippen LogP contribution in [0.3, 0.4) is 0 Å². The summed E-state index contributed by atoms with van der Waals surface area (Å²) < 4.78 is 11.5. The molecule has 3 nitrogen and oxygen atoms in total. The zero-order valence-electron chi connectivity index (χ0n) is 12.7. The molecule has 0 aromatic heterocycles. The second-order valence-corrected chi connectivity index (χ2v) is 5.60. The van der Waals surface area contributed by atoms with Crippen LogP contribution in [0.15, 0.2) is 24.3 Å². The van der Waals surface area contributed by atoms with E-state index in [2.05, 4.69) is 20.8 Å². The highest BCUT2D eigenvalue weighted by molar-refractivity contribution is 5.35. The van der Waals surface area contributed by atoms with Crippen molar-refractivity contribution in [1.29, 1.82) is 0 Å². The van der Waals surface area contributed by atoms with E-state index in [1.165, 1.54) is 0 Å². The molecule has 0 amide bonds. The van der Waals surface area contributed by atoms with E-state index in [0.29, 0.717) is 5.92 Å². The quantitative estimate of drug-likeness (QED) is 0.820. The molecule has 1 aromatic rings. The van der Waals surface area contributed by atoms with Gasteiger partial charge in [0.15, 0.2) is 0 Å². The standard InChI is InChI=1S/C16H27NO2/c1-11(2)10-12(3)19-16(13(4)17)14-8-6-7-9-15(14)18-5/h6-9,11-13,16H,10,17H2,1-5H3. The number of hydrogen-bond acceptors (Lipinski definition) is 3. The molecular weight excluding hydrogens is 238 g/mol. The van der Waals surface area contributed by atoms with E-state index >= 15 is 0 Å². The van der Waals surface area contributed by atoms with Crippen LogP contribution in [-0.2, 0) is 4.74 Å². The molecular formula is C16H27NO2. The first kappa shape index (κ1) is 16.0. The molecule has 0 saturated carbocycles. The maximum absolute atomic E-state index is 6.15. The Bertz CT molecular complexity index is 377. The van der Waals surface area contributed by atoms with Crippen molar-refractivity contribution in [3.63, 3.8) is 0 Å². The maximum Gasteiger partial charge on any atom is 0.124 e. The predicted molar refractivity (Wildman–Crippen MR) is 79.4 cm³/mol. The van der Waals surface area contributed by atoms with Crippen LogP contribution in [0, 0.1) is 5.92 Å². The van der Waals surface area contributed by atoms with Crippen LogP contribution in [0.2, 0.25) is 0 Å². The Labute approximate surface area is 117 Å². The lowest BCUT2D eigenvalue weighted by Crippen LogP contribution is -2.30. The number of hydrogen-bond donors (Lipinski definition) is 1. The normalized spacial score (nSPS) is 16.2. The summed E-state index contributed by atoms with van der Waals surface area (Å²) >= 11 is 0. The molecule has 3 atom stereocenters. The largest absolute Gasteiger partial charge is 0.496 e. The smallest absolute Gasteiger partial charge is 0.124 e. The van der Waals surface area contributed by atoms with Gasteiger partial charge in [0.05, 0.1) is 13.2 Å². The molecule has 0 saturated heterocycles. The summed E-state index contributed by atoms with van der Waals surface area (Å²) in [6, 6.07) is 7.84. The summed E-state index contributed by atoms with van der Waals surface area (Å²) in [7, 11) is 1.68. The van der Waals surface area contributed by atoms with Crippen molar-refractivity contribution < 1.29 is 9.47 Å². The van der Waals surface area contributed by atoms with E-state index in [4.69, 9.17) is 15.2 Å². The Morgan fingerprint density at radius 3 is 2.26 bits per heavy atom. The molecule has 0 fully saturated rings. The third kappa shape index (κ3) is 4.84. The van der Waals surface area contributed by atoms with Gasteiger partial charge < -0.3 is 15.2 Å². The van der Waals surface area contributed by atoms with Crippen molar-refractivity contribution in [3.8, 4) is 5.75 Å². The topological polar surface area (TPSA) is 44.5 Å². The lowest BCUT2D eigenvalue weighted by Gasteiger charge is -2.27. The van der Waals surface area contributed by atoms with Gasteiger partial charge in [0.25, 0.3) is 0 Å². The first-order chi connectivity index (χ1) is 8.95. The van der Waals surface area contributed by atoms with Crippen molar-refractivity contribution in [2.24, 2.45) is 11.7 Å². The molecule has 1 aromatic carbocycles. The predicted octanol–water partition coefficient (Wildman–Crippen LogP) is 3.53. The van der Waals surface area contributed by atoms with Gasteiger partial charge in [-0.3, -0.25) is 0 Å². The minimum atomic E-state index is -0.134. The number of para-hydroxylation sites is 1. The average Bonchev–Trinajstić information content (AvgIpc) is 2.34. The lowest BCUT2D eigenvalue weighted by atomic mass is 10.0. The SMILES string of the molecule is COc1ccccc1C(OC(C)CC(C)C)C(C)N. The molecule has 19 heavy (non-hydrogen) atoms. The Morgan fingerprint density at radius 2 is 1.74 bits per heavy atom. The third-order valence-electron chi connectivity index (χ3n) is 3.11. The highest BCUT2D eigenvalue weighted by Crippen LogP contribution is 2.31. The van der Waals surface area contributed by atoms with Crippen molar-refractivity contribution in [1.82, 2.24) is 0 Å². The molecule has 3 heteroatoms. The average molecular weight is 265 g/mol. The minimum absolute atomic E-state index is 0.0779. The number of benzene rings is 1. The van der Waals surface area contributed by atoms with Gasteiger partial charge in [-0.2, -0.15) is 0 Å². The van der Waals surface area contributed by atoms with Crippen molar-refractivity contribution in [2.45, 2.75) is 52.4 Å². The van der Waals surface area contributed by atoms with Gasteiger partial charge in [-0.25, -0.2) is 0 Å². The van der Waals surface area contributed by atoms with Gasteiger partial charge in [-0.1, -0.05) is 32.0 Å². The van der Waals surface area contributed by atoms with Gasteiger partial charge in [-0.15, -0.1) is 0 Å². The number of ether oxygens (including phenoxy) is 2. The summed E-state index contributed by atoms with van der Waals surface area (Å²) in [5.41, 5.74) is 7.11. The molecule has 2 N–H and O–H groups in total. The van der Waals surface area contributed by atoms with Gasteiger partial charge >= 0.3 is 0 Å². The number of nitrogens with two attached hydrogens (primary N) is 1. The van der Waals surface area contributed by atoms with Crippen LogP contribution in [0.1, 0.15) is 45.8 Å². The zero-order valence-corrected chi connectivity index (χ0v) is 12.7. The summed E-state index contributed by atoms with van der Waals surface area (Å²) in [6.45, 7) is 8.47. The van der Waals surface area contributed by atoms with E-state index in [1.807, 2.05) is 31.2 Å². The monoisotopic (exact) mass is 265 g/mol. The molecule has 0 heterocycles. The molecule has 0 spiro atoms. The van der Waals surface area contributed by atoms with Gasteiger partial charge in [0.1, 0.15) is 11.9 Å². The second-order valence-electron chi connectivity index (χ2n) is 5.60. The Balaban J connectivity index is 2.88. The fourth-order valence-corrected chi connectivity index (χ4v) is 2.35. The Morgan fingerprint density at radius 1 is 1.11 bits per heavy atom. The van der Waals surface area contributed by atoms with E-state index < -0.39 is 0 Å². The van der Waals surface area contributed by atoms with E-state index in [-0.39, 0.29) is 18.2 Å². The number of rotatable bonds is 7. The third-order valence-corrected chi connectivity index (χ3v) is 3.11. The summed E-state index contributed by atoms with van der Waals surface area (Å²) in [5, 5.41) is 0. The fourth-order valence-electron chi connectivity index (χ4n) is 2.35. The summed E-state index contributed by atoms with van der Waals surface area (Å²) in [4.78, 5) is 0. The first-order valence-electron chi connectivity index (χ1n) is 6.99. The molecule has 0 radical (unpaired) electrons. The highest BCUT2D eigenvalue weighted by Gasteiger charge is 2.23. The van der Waals surface area contributed by atoms with E-state index in [1.54, 1.807) is 7.11 Å². The first-order valence-corrected chi connectivity index (χ1v) is 6.99. The summed E-state index contributed by atoms with van der Waals surface area (Å²) in [6.07, 6.45) is 1.07. The Hall–Kier alpha value is -1.06. The lowest BCUT2D eigenvalue weighted by molar-refractivity contribution is -0.0246. The molecule has 0 aliphatic carbocycles. The molecule has 0 bridgehead atoms. The maximum atomic E-state index is 6.15. The van der Waals surface area contributed by atoms with Gasteiger partial charge in [0.2, 0.25) is 0 Å². The van der Waals surface area contributed by atoms with Crippen molar-refractivity contribution >= 4 is 0 Å². The van der Waals surface area contributed by atoms with Crippen LogP contribution >= 0.6 is 0 Å². The molecule has 0 aliphatic heterocycles. The van der Waals surface area contributed by atoms with Gasteiger partial charge in [-0.05, 0) is 32.3 Å². The van der Waals surface area contributed by atoms with Crippen molar-refractivity contribution in [2.75, 3.05) is 7.11 Å². The number of methoxy groups -OCH3 is 1. The molecule has 3 unspecified atom stereocenters. The molecule has 108 valence electrons. The van der Waals surface area contributed by atoms with Crippen LogP contribution in [0.4, 0.5) is 0 Å². The molecule has 0 aliphatic rings. The van der Waals surface area contributed by atoms with Crippen LogP contribution in [-0.4, -0.2) is 19.3 Å². The van der Waals surface area contributed by atoms with Crippen LogP contribution < -0.4 is 10.5 Å². The van der Waals surface area contributed by atoms with Crippen LogP contribution in [0.25, 0.3) is 0 Å².